The molecule has 0 aromatic heterocycles. The maximum Gasteiger partial charge on any atom is 0.166 e. The molecule has 3 heteroatoms. The van der Waals surface area contributed by atoms with E-state index in [4.69, 9.17) is 9.47 Å². The summed E-state index contributed by atoms with van der Waals surface area (Å²) in [5.41, 5.74) is 0.730. The molecule has 2 rings (SSSR count). The third-order valence-corrected chi connectivity index (χ3v) is 3.19. The summed E-state index contributed by atoms with van der Waals surface area (Å²) in [6.45, 7) is 3.81. The molecule has 0 atom stereocenters. The van der Waals surface area contributed by atoms with Gasteiger partial charge in [0.05, 0.1) is 14.2 Å². The number of rotatable bonds is 4. The van der Waals surface area contributed by atoms with Gasteiger partial charge in [-0.05, 0) is 35.7 Å². The Morgan fingerprint density at radius 1 is 1.00 bits per heavy atom. The minimum atomic E-state index is -0.0290. The van der Waals surface area contributed by atoms with Crippen LogP contribution in [0.1, 0.15) is 24.2 Å². The first kappa shape index (κ1) is 13.4. The van der Waals surface area contributed by atoms with Gasteiger partial charge in [0, 0.05) is 16.9 Å². The Balaban J connectivity index is 2.72. The third-order valence-electron chi connectivity index (χ3n) is 3.19. The van der Waals surface area contributed by atoms with Gasteiger partial charge < -0.3 is 9.47 Å². The first-order valence-corrected chi connectivity index (χ1v) is 6.27. The number of ether oxygens (including phenoxy) is 2. The maximum absolute atomic E-state index is 12.2. The fraction of sp³-hybridized carbons (Fsp3) is 0.312. The molecule has 2 aromatic rings. The summed E-state index contributed by atoms with van der Waals surface area (Å²) in [5, 5.41) is 1.80. The Bertz CT molecular complexity index is 615. The van der Waals surface area contributed by atoms with Crippen molar-refractivity contribution in [3.63, 3.8) is 0 Å². The standard InChI is InChI=1S/C16H18O3/c1-10(2)16(17)13-7-8-15(19-4)14-9-11(18-3)5-6-12(13)14/h5-10H,1-4H3. The maximum atomic E-state index is 12.2. The molecule has 2 aromatic carbocycles. The van der Waals surface area contributed by atoms with Gasteiger partial charge in [-0.3, -0.25) is 4.79 Å². The highest BCUT2D eigenvalue weighted by Gasteiger charge is 2.16. The SMILES string of the molecule is COc1ccc2c(C(=O)C(C)C)ccc(OC)c2c1. The minimum Gasteiger partial charge on any atom is -0.497 e. The van der Waals surface area contributed by atoms with E-state index in [-0.39, 0.29) is 11.7 Å². The summed E-state index contributed by atoms with van der Waals surface area (Å²) in [4.78, 5) is 12.2. The van der Waals surface area contributed by atoms with E-state index < -0.39 is 0 Å². The Hall–Kier alpha value is -2.03. The van der Waals surface area contributed by atoms with Gasteiger partial charge >= 0.3 is 0 Å². The van der Waals surface area contributed by atoms with Crippen LogP contribution in [-0.4, -0.2) is 20.0 Å². The number of benzene rings is 2. The first-order valence-electron chi connectivity index (χ1n) is 6.27. The molecular formula is C16H18O3. The molecule has 0 N–H and O–H groups in total. The first-order chi connectivity index (χ1) is 9.08. The van der Waals surface area contributed by atoms with Crippen LogP contribution in [0.5, 0.6) is 11.5 Å². The second kappa shape index (κ2) is 5.31. The molecule has 0 bridgehead atoms. The van der Waals surface area contributed by atoms with Gasteiger partial charge in [0.1, 0.15) is 11.5 Å². The molecule has 0 fully saturated rings. The second-order valence-corrected chi connectivity index (χ2v) is 4.75. The minimum absolute atomic E-state index is 0.0290. The molecule has 0 unspecified atom stereocenters. The smallest absolute Gasteiger partial charge is 0.166 e. The van der Waals surface area contributed by atoms with Crippen LogP contribution >= 0.6 is 0 Å². The summed E-state index contributed by atoms with van der Waals surface area (Å²) in [6.07, 6.45) is 0. The molecule has 0 amide bonds. The summed E-state index contributed by atoms with van der Waals surface area (Å²) < 4.78 is 10.6. The topological polar surface area (TPSA) is 35.5 Å². The van der Waals surface area contributed by atoms with Crippen molar-refractivity contribution in [3.8, 4) is 11.5 Å². The molecular weight excluding hydrogens is 240 g/mol. The van der Waals surface area contributed by atoms with E-state index in [2.05, 4.69) is 0 Å². The van der Waals surface area contributed by atoms with Crippen LogP contribution in [0.4, 0.5) is 0 Å². The van der Waals surface area contributed by atoms with Crippen molar-refractivity contribution in [2.24, 2.45) is 5.92 Å². The lowest BCUT2D eigenvalue weighted by molar-refractivity contribution is 0.0941. The van der Waals surface area contributed by atoms with Crippen LogP contribution in [0, 0.1) is 5.92 Å². The van der Waals surface area contributed by atoms with Gasteiger partial charge in [0.25, 0.3) is 0 Å². The molecule has 0 aliphatic carbocycles. The fourth-order valence-corrected chi connectivity index (χ4v) is 2.13. The van der Waals surface area contributed by atoms with Gasteiger partial charge in [-0.15, -0.1) is 0 Å². The van der Waals surface area contributed by atoms with Gasteiger partial charge in [-0.2, -0.15) is 0 Å². The number of carbonyl (C=O) groups excluding carboxylic acids is 1. The summed E-state index contributed by atoms with van der Waals surface area (Å²) in [5.74, 6) is 1.60. The monoisotopic (exact) mass is 258 g/mol. The van der Waals surface area contributed by atoms with E-state index in [0.717, 1.165) is 27.8 Å². The average molecular weight is 258 g/mol. The number of methoxy groups -OCH3 is 2. The van der Waals surface area contributed by atoms with Crippen molar-refractivity contribution in [2.75, 3.05) is 14.2 Å². The van der Waals surface area contributed by atoms with Crippen LogP contribution < -0.4 is 9.47 Å². The van der Waals surface area contributed by atoms with E-state index in [0.29, 0.717) is 0 Å². The van der Waals surface area contributed by atoms with Crippen LogP contribution in [0.2, 0.25) is 0 Å². The second-order valence-electron chi connectivity index (χ2n) is 4.75. The van der Waals surface area contributed by atoms with E-state index in [1.165, 1.54) is 0 Å². The predicted octanol–water partition coefficient (Wildman–Crippen LogP) is 3.70. The quantitative estimate of drug-likeness (QED) is 0.784. The molecule has 0 heterocycles. The van der Waals surface area contributed by atoms with Gasteiger partial charge in [0.15, 0.2) is 5.78 Å². The zero-order chi connectivity index (χ0) is 14.0. The van der Waals surface area contributed by atoms with Crippen molar-refractivity contribution in [2.45, 2.75) is 13.8 Å². The number of Topliss-reactive ketones (excluding diaryl/α,β-unsaturated/α-hetero) is 1. The van der Waals surface area contributed by atoms with Crippen LogP contribution in [0.3, 0.4) is 0 Å². The Morgan fingerprint density at radius 3 is 2.32 bits per heavy atom. The van der Waals surface area contributed by atoms with Crippen LogP contribution in [0.15, 0.2) is 30.3 Å². The Morgan fingerprint density at radius 2 is 1.74 bits per heavy atom. The van der Waals surface area contributed by atoms with Crippen molar-refractivity contribution in [1.29, 1.82) is 0 Å². The summed E-state index contributed by atoms with van der Waals surface area (Å²) in [7, 11) is 3.24. The highest BCUT2D eigenvalue weighted by molar-refractivity contribution is 6.10. The lowest BCUT2D eigenvalue weighted by Crippen LogP contribution is -2.08. The number of fused-ring (bicyclic) bond motifs is 1. The lowest BCUT2D eigenvalue weighted by Gasteiger charge is -2.12. The molecule has 0 aliphatic heterocycles. The van der Waals surface area contributed by atoms with Crippen molar-refractivity contribution in [1.82, 2.24) is 0 Å². The van der Waals surface area contributed by atoms with E-state index in [9.17, 15) is 4.79 Å². The number of hydrogen-bond acceptors (Lipinski definition) is 3. The normalized spacial score (nSPS) is 10.8. The van der Waals surface area contributed by atoms with Crippen molar-refractivity contribution < 1.29 is 14.3 Å². The number of ketones is 1. The molecule has 0 saturated carbocycles. The predicted molar refractivity (Wildman–Crippen MR) is 76.2 cm³/mol. The summed E-state index contributed by atoms with van der Waals surface area (Å²) in [6, 6.07) is 9.32. The van der Waals surface area contributed by atoms with Crippen molar-refractivity contribution in [3.05, 3.63) is 35.9 Å². The van der Waals surface area contributed by atoms with Crippen LogP contribution in [-0.2, 0) is 0 Å². The Kier molecular flexibility index (Phi) is 3.74. The molecule has 0 radical (unpaired) electrons. The molecule has 0 spiro atoms. The molecule has 100 valence electrons. The highest BCUT2D eigenvalue weighted by atomic mass is 16.5. The van der Waals surface area contributed by atoms with Crippen LogP contribution in [0.25, 0.3) is 10.8 Å². The molecule has 0 saturated heterocycles. The highest BCUT2D eigenvalue weighted by Crippen LogP contribution is 2.32. The van der Waals surface area contributed by atoms with E-state index in [1.54, 1.807) is 14.2 Å². The number of carbonyl (C=O) groups is 1. The average Bonchev–Trinajstić information content (AvgIpc) is 2.44. The zero-order valence-corrected chi connectivity index (χ0v) is 11.7. The van der Waals surface area contributed by atoms with E-state index in [1.807, 2.05) is 44.2 Å². The van der Waals surface area contributed by atoms with Gasteiger partial charge in [0.2, 0.25) is 0 Å². The van der Waals surface area contributed by atoms with Gasteiger partial charge in [-0.25, -0.2) is 0 Å². The zero-order valence-electron chi connectivity index (χ0n) is 11.7. The molecule has 19 heavy (non-hydrogen) atoms. The fourth-order valence-electron chi connectivity index (χ4n) is 2.13. The summed E-state index contributed by atoms with van der Waals surface area (Å²) >= 11 is 0. The molecule has 3 nitrogen and oxygen atoms in total. The van der Waals surface area contributed by atoms with Gasteiger partial charge in [-0.1, -0.05) is 13.8 Å². The Labute approximate surface area is 113 Å². The largest absolute Gasteiger partial charge is 0.497 e. The van der Waals surface area contributed by atoms with Crippen molar-refractivity contribution >= 4 is 16.6 Å². The lowest BCUT2D eigenvalue weighted by atomic mass is 9.95. The number of hydrogen-bond donors (Lipinski definition) is 0. The van der Waals surface area contributed by atoms with E-state index >= 15 is 0 Å². The molecule has 0 aliphatic rings. The third kappa shape index (κ3) is 2.41.